The van der Waals surface area contributed by atoms with E-state index in [0.29, 0.717) is 11.5 Å². The molecule has 1 aliphatic heterocycles. The molecule has 3 aliphatic rings. The van der Waals surface area contributed by atoms with E-state index in [1.54, 1.807) is 0 Å². The van der Waals surface area contributed by atoms with Crippen LogP contribution in [-0.2, 0) is 9.53 Å². The van der Waals surface area contributed by atoms with Crippen molar-refractivity contribution in [2.75, 3.05) is 0 Å². The van der Waals surface area contributed by atoms with Crippen LogP contribution in [0, 0.1) is 17.3 Å². The lowest BCUT2D eigenvalue weighted by molar-refractivity contribution is -0.141. The van der Waals surface area contributed by atoms with Crippen molar-refractivity contribution in [2.24, 2.45) is 17.3 Å². The Morgan fingerprint density at radius 3 is 2.94 bits per heavy atom. The molecule has 1 heterocycles. The molecular formula is C15H20O3. The number of esters is 1. The number of fused-ring (bicyclic) bond motifs is 2. The number of ether oxygens (including phenoxy) is 1. The number of aliphatic hydroxyl groups excluding tert-OH is 1. The molecule has 0 bridgehead atoms. The van der Waals surface area contributed by atoms with Crippen LogP contribution in [0.15, 0.2) is 23.8 Å². The maximum Gasteiger partial charge on any atom is 0.334 e. The Morgan fingerprint density at radius 2 is 2.22 bits per heavy atom. The number of aliphatic hydroxyl groups is 1. The minimum Gasteiger partial charge on any atom is -0.458 e. The zero-order chi connectivity index (χ0) is 13.1. The maximum absolute atomic E-state index is 11.6. The number of rotatable bonds is 0. The fourth-order valence-corrected chi connectivity index (χ4v) is 3.88. The van der Waals surface area contributed by atoms with E-state index in [1.807, 2.05) is 0 Å². The SMILES string of the molecule is C=C1C(=O)O[C@@H]2C[C@]3(C)C(=C[C@H]12)[C@@H](C)CC[C@H]3O. The highest BCUT2D eigenvalue weighted by atomic mass is 16.6. The van der Waals surface area contributed by atoms with Crippen LogP contribution in [0.25, 0.3) is 0 Å². The number of hydrogen-bond donors (Lipinski definition) is 1. The summed E-state index contributed by atoms with van der Waals surface area (Å²) in [5.74, 6) is 0.224. The minimum atomic E-state index is -0.325. The lowest BCUT2D eigenvalue weighted by Crippen LogP contribution is -2.46. The third-order valence-corrected chi connectivity index (χ3v) is 5.11. The van der Waals surface area contributed by atoms with Crippen molar-refractivity contribution < 1.29 is 14.6 Å². The molecule has 0 aromatic rings. The third-order valence-electron chi connectivity index (χ3n) is 5.11. The summed E-state index contributed by atoms with van der Waals surface area (Å²) in [4.78, 5) is 11.6. The summed E-state index contributed by atoms with van der Waals surface area (Å²) in [5.41, 5.74) is 1.63. The van der Waals surface area contributed by atoms with Gasteiger partial charge in [-0.1, -0.05) is 32.1 Å². The first-order chi connectivity index (χ1) is 8.43. The van der Waals surface area contributed by atoms with Crippen molar-refractivity contribution in [1.29, 1.82) is 0 Å². The molecule has 1 saturated carbocycles. The Kier molecular flexibility index (Phi) is 2.46. The Morgan fingerprint density at radius 1 is 1.50 bits per heavy atom. The van der Waals surface area contributed by atoms with Gasteiger partial charge in [-0.05, 0) is 25.2 Å². The summed E-state index contributed by atoms with van der Waals surface area (Å²) in [6, 6.07) is 0. The van der Waals surface area contributed by atoms with Crippen molar-refractivity contribution >= 4 is 5.97 Å². The topological polar surface area (TPSA) is 46.5 Å². The second-order valence-corrected chi connectivity index (χ2v) is 6.23. The molecular weight excluding hydrogens is 228 g/mol. The molecule has 0 spiro atoms. The lowest BCUT2D eigenvalue weighted by atomic mass is 9.58. The summed E-state index contributed by atoms with van der Waals surface area (Å²) in [6.07, 6.45) is 4.27. The first-order valence-electron chi connectivity index (χ1n) is 6.73. The van der Waals surface area contributed by atoms with Crippen LogP contribution in [0.5, 0.6) is 0 Å². The van der Waals surface area contributed by atoms with E-state index in [-0.39, 0.29) is 29.5 Å². The van der Waals surface area contributed by atoms with Crippen molar-refractivity contribution in [1.82, 2.24) is 0 Å². The fourth-order valence-electron chi connectivity index (χ4n) is 3.88. The first kappa shape index (κ1) is 12.0. The van der Waals surface area contributed by atoms with Gasteiger partial charge in [0.25, 0.3) is 0 Å². The number of hydrogen-bond acceptors (Lipinski definition) is 3. The van der Waals surface area contributed by atoms with Crippen LogP contribution in [0.1, 0.15) is 33.1 Å². The van der Waals surface area contributed by atoms with Gasteiger partial charge in [-0.3, -0.25) is 0 Å². The summed E-state index contributed by atoms with van der Waals surface area (Å²) < 4.78 is 5.38. The predicted molar refractivity (Wildman–Crippen MR) is 67.7 cm³/mol. The molecule has 98 valence electrons. The van der Waals surface area contributed by atoms with Crippen LogP contribution >= 0.6 is 0 Å². The van der Waals surface area contributed by atoms with Gasteiger partial charge in [-0.2, -0.15) is 0 Å². The summed E-state index contributed by atoms with van der Waals surface area (Å²) >= 11 is 0. The molecule has 1 N–H and O–H groups in total. The average molecular weight is 248 g/mol. The van der Waals surface area contributed by atoms with Crippen LogP contribution in [0.2, 0.25) is 0 Å². The summed E-state index contributed by atoms with van der Waals surface area (Å²) in [6.45, 7) is 8.15. The molecule has 0 aromatic heterocycles. The van der Waals surface area contributed by atoms with E-state index in [9.17, 15) is 9.90 Å². The molecule has 0 radical (unpaired) electrons. The van der Waals surface area contributed by atoms with Gasteiger partial charge in [0.05, 0.1) is 6.10 Å². The monoisotopic (exact) mass is 248 g/mol. The smallest absolute Gasteiger partial charge is 0.334 e. The molecule has 18 heavy (non-hydrogen) atoms. The standard InChI is InChI=1S/C15H20O3/c1-8-4-5-13(16)15(3)7-12-10(6-11(8)15)9(2)14(17)18-12/h6,8,10,12-13,16H,2,4-5,7H2,1,3H3/t8-,10+,12+,13+,15+/m0/s1. The molecule has 2 aliphatic carbocycles. The van der Waals surface area contributed by atoms with E-state index < -0.39 is 0 Å². The van der Waals surface area contributed by atoms with Crippen molar-refractivity contribution in [3.8, 4) is 0 Å². The Bertz CT molecular complexity index is 451. The summed E-state index contributed by atoms with van der Waals surface area (Å²) in [5, 5.41) is 10.3. The van der Waals surface area contributed by atoms with Gasteiger partial charge < -0.3 is 9.84 Å². The molecule has 2 fully saturated rings. The third kappa shape index (κ3) is 1.43. The van der Waals surface area contributed by atoms with Gasteiger partial charge in [0.2, 0.25) is 0 Å². The van der Waals surface area contributed by atoms with Gasteiger partial charge in [0, 0.05) is 16.9 Å². The normalized spacial score (nSPS) is 47.2. The molecule has 3 rings (SSSR count). The van der Waals surface area contributed by atoms with Gasteiger partial charge in [0.15, 0.2) is 0 Å². The van der Waals surface area contributed by atoms with Crippen LogP contribution in [0.3, 0.4) is 0 Å². The quantitative estimate of drug-likeness (QED) is 0.406. The zero-order valence-electron chi connectivity index (χ0n) is 11.0. The van der Waals surface area contributed by atoms with Gasteiger partial charge in [0.1, 0.15) is 6.10 Å². The maximum atomic E-state index is 11.6. The van der Waals surface area contributed by atoms with Gasteiger partial charge in [-0.15, -0.1) is 0 Å². The van der Waals surface area contributed by atoms with Crippen molar-refractivity contribution in [3.63, 3.8) is 0 Å². The largest absolute Gasteiger partial charge is 0.458 e. The second kappa shape index (κ2) is 3.70. The van der Waals surface area contributed by atoms with E-state index in [2.05, 4.69) is 26.5 Å². The Labute approximate surface area is 108 Å². The van der Waals surface area contributed by atoms with E-state index in [1.165, 1.54) is 5.57 Å². The highest BCUT2D eigenvalue weighted by molar-refractivity contribution is 5.91. The highest BCUT2D eigenvalue weighted by Crippen LogP contribution is 2.53. The molecule has 3 heteroatoms. The second-order valence-electron chi connectivity index (χ2n) is 6.23. The highest BCUT2D eigenvalue weighted by Gasteiger charge is 2.52. The molecule has 5 atom stereocenters. The van der Waals surface area contributed by atoms with E-state index >= 15 is 0 Å². The predicted octanol–water partition coefficient (Wildman–Crippen LogP) is 2.21. The first-order valence-corrected chi connectivity index (χ1v) is 6.73. The average Bonchev–Trinajstić information content (AvgIpc) is 2.58. The number of carbonyl (C=O) groups excluding carboxylic acids is 1. The van der Waals surface area contributed by atoms with Crippen LogP contribution in [0.4, 0.5) is 0 Å². The molecule has 0 aromatic carbocycles. The van der Waals surface area contributed by atoms with Crippen molar-refractivity contribution in [2.45, 2.75) is 45.3 Å². The number of carbonyl (C=O) groups is 1. The molecule has 0 unspecified atom stereocenters. The van der Waals surface area contributed by atoms with Crippen molar-refractivity contribution in [3.05, 3.63) is 23.8 Å². The zero-order valence-corrected chi connectivity index (χ0v) is 11.0. The minimum absolute atomic E-state index is 0.0216. The van der Waals surface area contributed by atoms with Gasteiger partial charge in [-0.25, -0.2) is 4.79 Å². The molecule has 0 amide bonds. The Hall–Kier alpha value is -1.09. The fraction of sp³-hybridized carbons (Fsp3) is 0.667. The summed E-state index contributed by atoms with van der Waals surface area (Å²) in [7, 11) is 0. The molecule has 1 saturated heterocycles. The van der Waals surface area contributed by atoms with E-state index in [0.717, 1.165) is 19.3 Å². The van der Waals surface area contributed by atoms with Gasteiger partial charge >= 0.3 is 5.97 Å². The van der Waals surface area contributed by atoms with Crippen LogP contribution < -0.4 is 0 Å². The van der Waals surface area contributed by atoms with Crippen LogP contribution in [-0.4, -0.2) is 23.3 Å². The van der Waals surface area contributed by atoms with E-state index in [4.69, 9.17) is 4.74 Å². The Balaban J connectivity index is 2.04. The lowest BCUT2D eigenvalue weighted by Gasteiger charge is -2.48. The molecule has 3 nitrogen and oxygen atoms in total.